The smallest absolute Gasteiger partial charge is 0.405 e. The molecule has 208 valence electrons. The van der Waals surface area contributed by atoms with E-state index in [1.807, 2.05) is 13.8 Å². The fraction of sp³-hybridized carbons (Fsp3) is 0.480. The molecule has 0 spiro atoms. The number of nitrogens with one attached hydrogen (secondary N) is 2. The molecule has 0 radical (unpaired) electrons. The molecule has 2 amide bonds. The van der Waals surface area contributed by atoms with Gasteiger partial charge in [0.15, 0.2) is 11.5 Å². The van der Waals surface area contributed by atoms with E-state index in [0.717, 1.165) is 19.1 Å². The summed E-state index contributed by atoms with van der Waals surface area (Å²) in [5.74, 6) is -0.330. The van der Waals surface area contributed by atoms with Gasteiger partial charge in [-0.15, -0.1) is 0 Å². The Hall–Kier alpha value is -3.94. The molecule has 3 aromatic heterocycles. The molecule has 14 heteroatoms. The summed E-state index contributed by atoms with van der Waals surface area (Å²) in [4.78, 5) is 35.8. The van der Waals surface area contributed by atoms with Gasteiger partial charge in [-0.05, 0) is 31.4 Å². The van der Waals surface area contributed by atoms with Crippen molar-refractivity contribution in [3.63, 3.8) is 0 Å². The number of carbonyl (C=O) groups is 2. The molecular weight excluding hydrogens is 519 g/mol. The first-order chi connectivity index (χ1) is 18.5. The minimum atomic E-state index is -4.40. The zero-order chi connectivity index (χ0) is 27.8. The lowest BCUT2D eigenvalue weighted by Crippen LogP contribution is -2.32. The number of nitrogens with zero attached hydrogens (tertiary/aromatic N) is 5. The average Bonchev–Trinajstić information content (AvgIpc) is 3.67. The second kappa shape index (κ2) is 10.3. The number of anilines is 3. The minimum Gasteiger partial charge on any atom is -0.444 e. The number of hydrogen-bond acceptors (Lipinski definition) is 8. The lowest BCUT2D eigenvalue weighted by Gasteiger charge is -2.18. The van der Waals surface area contributed by atoms with Crippen molar-refractivity contribution in [2.24, 2.45) is 5.41 Å². The largest absolute Gasteiger partial charge is 0.444 e. The first kappa shape index (κ1) is 26.7. The van der Waals surface area contributed by atoms with E-state index in [2.05, 4.69) is 25.7 Å². The van der Waals surface area contributed by atoms with Crippen molar-refractivity contribution in [2.75, 3.05) is 35.2 Å². The molecule has 2 aliphatic rings. The number of carbonyl (C=O) groups excluding carboxylic acids is 2. The molecule has 1 unspecified atom stereocenters. The van der Waals surface area contributed by atoms with Gasteiger partial charge in [0.25, 0.3) is 5.91 Å². The molecule has 0 saturated carbocycles. The van der Waals surface area contributed by atoms with E-state index in [4.69, 9.17) is 9.15 Å². The number of halogens is 3. The first-order valence-electron chi connectivity index (χ1n) is 12.5. The highest BCUT2D eigenvalue weighted by molar-refractivity contribution is 6.07. The van der Waals surface area contributed by atoms with E-state index in [0.29, 0.717) is 43.2 Å². The fourth-order valence-electron chi connectivity index (χ4n) is 4.50. The molecule has 2 saturated heterocycles. The summed E-state index contributed by atoms with van der Waals surface area (Å²) >= 11 is 0. The lowest BCUT2D eigenvalue weighted by atomic mass is 9.92. The second-order valence-corrected chi connectivity index (χ2v) is 10.2. The van der Waals surface area contributed by atoms with Gasteiger partial charge < -0.3 is 19.8 Å². The number of oxazole rings is 1. The summed E-state index contributed by atoms with van der Waals surface area (Å²) in [6, 6.07) is 2.84. The van der Waals surface area contributed by atoms with E-state index < -0.39 is 24.0 Å². The van der Waals surface area contributed by atoms with Gasteiger partial charge in [-0.25, -0.2) is 9.97 Å². The van der Waals surface area contributed by atoms with Crippen LogP contribution in [0.1, 0.15) is 43.6 Å². The van der Waals surface area contributed by atoms with Crippen LogP contribution in [0.2, 0.25) is 0 Å². The van der Waals surface area contributed by atoms with Crippen molar-refractivity contribution in [1.82, 2.24) is 19.7 Å². The lowest BCUT2D eigenvalue weighted by molar-refractivity contribution is -0.124. The van der Waals surface area contributed by atoms with Gasteiger partial charge in [0.1, 0.15) is 24.3 Å². The van der Waals surface area contributed by atoms with Crippen molar-refractivity contribution < 1.29 is 31.9 Å². The zero-order valence-corrected chi connectivity index (χ0v) is 21.4. The Morgan fingerprint density at radius 1 is 1.31 bits per heavy atom. The monoisotopic (exact) mass is 547 g/mol. The molecule has 0 aromatic carbocycles. The highest BCUT2D eigenvalue weighted by atomic mass is 19.4. The molecule has 5 rings (SSSR count). The molecular formula is C25H28F3N7O4. The van der Waals surface area contributed by atoms with E-state index in [9.17, 15) is 22.8 Å². The fourth-order valence-corrected chi connectivity index (χ4v) is 4.50. The quantitative estimate of drug-likeness (QED) is 0.432. The van der Waals surface area contributed by atoms with Crippen LogP contribution in [-0.4, -0.2) is 63.5 Å². The van der Waals surface area contributed by atoms with Crippen LogP contribution in [0.25, 0.3) is 11.5 Å². The first-order valence-corrected chi connectivity index (χ1v) is 12.5. The maximum Gasteiger partial charge on any atom is 0.405 e. The molecule has 39 heavy (non-hydrogen) atoms. The molecule has 5 heterocycles. The topological polar surface area (TPSA) is 127 Å². The summed E-state index contributed by atoms with van der Waals surface area (Å²) < 4.78 is 50.4. The summed E-state index contributed by atoms with van der Waals surface area (Å²) in [6.07, 6.45) is 2.23. The van der Waals surface area contributed by atoms with Crippen molar-refractivity contribution in [1.29, 1.82) is 0 Å². The third-order valence-corrected chi connectivity index (χ3v) is 6.66. The minimum absolute atomic E-state index is 0.000922. The van der Waals surface area contributed by atoms with Crippen LogP contribution in [0.3, 0.4) is 0 Å². The van der Waals surface area contributed by atoms with E-state index in [1.54, 1.807) is 15.8 Å². The van der Waals surface area contributed by atoms with Gasteiger partial charge >= 0.3 is 6.18 Å². The maximum absolute atomic E-state index is 13.1. The molecule has 2 aliphatic heterocycles. The van der Waals surface area contributed by atoms with Crippen molar-refractivity contribution in [3.05, 3.63) is 36.5 Å². The van der Waals surface area contributed by atoms with Gasteiger partial charge in [-0.1, -0.05) is 13.8 Å². The predicted molar refractivity (Wildman–Crippen MR) is 134 cm³/mol. The Morgan fingerprint density at radius 2 is 2.13 bits per heavy atom. The molecule has 2 fully saturated rings. The Kier molecular flexibility index (Phi) is 7.05. The molecule has 0 bridgehead atoms. The summed E-state index contributed by atoms with van der Waals surface area (Å²) in [5.41, 5.74) is 0.0799. The summed E-state index contributed by atoms with van der Waals surface area (Å²) in [6.45, 7) is 4.13. The van der Waals surface area contributed by atoms with Gasteiger partial charge in [0.05, 0.1) is 18.8 Å². The SMILES string of the molecule is CC1(C)CCN(c2nn(CC3CCCO3)cc2NC(=O)c2coc(-c3ccnc(NCC(F)(F)F)c3)n2)C1=O. The van der Waals surface area contributed by atoms with Crippen LogP contribution >= 0.6 is 0 Å². The van der Waals surface area contributed by atoms with E-state index in [1.165, 1.54) is 18.3 Å². The van der Waals surface area contributed by atoms with Crippen molar-refractivity contribution in [2.45, 2.75) is 51.9 Å². The number of alkyl halides is 3. The van der Waals surface area contributed by atoms with Crippen LogP contribution in [0.15, 0.2) is 35.2 Å². The molecule has 2 N–H and O–H groups in total. The predicted octanol–water partition coefficient (Wildman–Crippen LogP) is 4.10. The molecule has 0 aliphatic carbocycles. The number of ether oxygens (including phenoxy) is 1. The normalized spacial score (nSPS) is 19.1. The summed E-state index contributed by atoms with van der Waals surface area (Å²) in [7, 11) is 0. The van der Waals surface area contributed by atoms with Gasteiger partial charge in [0, 0.05) is 30.3 Å². The van der Waals surface area contributed by atoms with Gasteiger partial charge in [0.2, 0.25) is 11.8 Å². The van der Waals surface area contributed by atoms with Crippen LogP contribution in [0, 0.1) is 5.41 Å². The highest BCUT2D eigenvalue weighted by Gasteiger charge is 2.41. The van der Waals surface area contributed by atoms with Crippen molar-refractivity contribution in [3.8, 4) is 11.5 Å². The Labute approximate surface area is 221 Å². The molecule has 3 aromatic rings. The highest BCUT2D eigenvalue weighted by Crippen LogP contribution is 2.37. The average molecular weight is 548 g/mol. The van der Waals surface area contributed by atoms with E-state index in [-0.39, 0.29) is 29.4 Å². The number of pyridine rings is 1. The van der Waals surface area contributed by atoms with Crippen LogP contribution in [0.5, 0.6) is 0 Å². The third-order valence-electron chi connectivity index (χ3n) is 6.66. The zero-order valence-electron chi connectivity index (χ0n) is 21.4. The van der Waals surface area contributed by atoms with Crippen LogP contribution in [-0.2, 0) is 16.1 Å². The Bertz CT molecular complexity index is 1360. The number of aromatic nitrogens is 4. The van der Waals surface area contributed by atoms with Crippen LogP contribution < -0.4 is 15.5 Å². The number of hydrogen-bond donors (Lipinski definition) is 2. The molecule has 1 atom stereocenters. The van der Waals surface area contributed by atoms with Gasteiger partial charge in [-0.2, -0.15) is 18.3 Å². The van der Waals surface area contributed by atoms with Crippen molar-refractivity contribution >= 4 is 29.1 Å². The molecule has 11 nitrogen and oxygen atoms in total. The Balaban J connectivity index is 1.34. The standard InChI is InChI=1S/C25H28F3N7O4/c1-24(2)6-8-35(23(24)37)20-17(12-34(33-20)11-16-4-3-9-38-16)31-21(36)18-13-39-22(32-18)15-5-7-29-19(10-15)30-14-25(26,27)28/h5,7,10,12-13,16H,3-4,6,8-9,11,14H2,1-2H3,(H,29,30)(H,31,36). The second-order valence-electron chi connectivity index (χ2n) is 10.2. The van der Waals surface area contributed by atoms with Gasteiger partial charge in [-0.3, -0.25) is 19.2 Å². The summed E-state index contributed by atoms with van der Waals surface area (Å²) in [5, 5.41) is 9.58. The number of rotatable bonds is 8. The Morgan fingerprint density at radius 3 is 2.82 bits per heavy atom. The maximum atomic E-state index is 13.1. The van der Waals surface area contributed by atoms with Crippen LogP contribution in [0.4, 0.5) is 30.5 Å². The third kappa shape index (κ3) is 6.05. The number of amides is 2. The van der Waals surface area contributed by atoms with E-state index >= 15 is 0 Å².